The molecule has 0 heterocycles. The van der Waals surface area contributed by atoms with Gasteiger partial charge in [0.1, 0.15) is 6.29 Å². The minimum Gasteiger partial charge on any atom is -0.443 e. The molecule has 0 aliphatic rings. The molecule has 1 radical (unpaired) electrons. The van der Waals surface area contributed by atoms with Gasteiger partial charge in [0.25, 0.3) is 7.48 Å². The third-order valence-electron chi connectivity index (χ3n) is 0.569. The summed E-state index contributed by atoms with van der Waals surface area (Å²) < 4.78 is 4.56. The molecule has 7 heavy (non-hydrogen) atoms. The van der Waals surface area contributed by atoms with Crippen molar-refractivity contribution in [1.82, 2.24) is 0 Å². The Labute approximate surface area is 44.1 Å². The van der Waals surface area contributed by atoms with Crippen LogP contribution in [-0.4, -0.2) is 20.9 Å². The number of hydrogen-bond acceptors (Lipinski definition) is 2. The van der Waals surface area contributed by atoms with Crippen molar-refractivity contribution in [3.05, 3.63) is 0 Å². The van der Waals surface area contributed by atoms with Gasteiger partial charge >= 0.3 is 0 Å². The number of rotatable bonds is 4. The predicted octanol–water partition coefficient (Wildman–Crippen LogP) is 0.259. The van der Waals surface area contributed by atoms with Gasteiger partial charge in [-0.15, -0.1) is 0 Å². The van der Waals surface area contributed by atoms with E-state index in [1.165, 1.54) is 0 Å². The van der Waals surface area contributed by atoms with Gasteiger partial charge in [-0.2, -0.15) is 0 Å². The van der Waals surface area contributed by atoms with E-state index in [2.05, 4.69) is 4.65 Å². The van der Waals surface area contributed by atoms with Gasteiger partial charge in [0, 0.05) is 7.11 Å². The van der Waals surface area contributed by atoms with Crippen LogP contribution in [0.2, 0.25) is 6.32 Å². The fourth-order valence-electron chi connectivity index (χ4n) is 0.254. The molecule has 0 atom stereocenters. The molecule has 0 aromatic heterocycles. The zero-order chi connectivity index (χ0) is 5.54. The molecule has 0 saturated carbocycles. The van der Waals surface area contributed by atoms with Crippen LogP contribution in [0.5, 0.6) is 0 Å². The first-order chi connectivity index (χ1) is 3.41. The van der Waals surface area contributed by atoms with E-state index in [-0.39, 0.29) is 0 Å². The molecule has 0 spiro atoms. The first kappa shape index (κ1) is 6.69. The first-order valence-corrected chi connectivity index (χ1v) is 2.20. The van der Waals surface area contributed by atoms with Crippen molar-refractivity contribution in [2.24, 2.45) is 0 Å². The lowest BCUT2D eigenvalue weighted by molar-refractivity contribution is -0.107. The highest BCUT2D eigenvalue weighted by atomic mass is 16.4. The highest BCUT2D eigenvalue weighted by Crippen LogP contribution is 1.81. The first-order valence-electron chi connectivity index (χ1n) is 2.20. The lowest BCUT2D eigenvalue weighted by Crippen LogP contribution is -1.91. The molecule has 0 fully saturated rings. The normalized spacial score (nSPS) is 8.14. The molecule has 0 aromatic rings. The Morgan fingerprint density at radius 3 is 3.00 bits per heavy atom. The lowest BCUT2D eigenvalue weighted by Gasteiger charge is -1.85. The summed E-state index contributed by atoms with van der Waals surface area (Å²) in [4.78, 5) is 9.60. The van der Waals surface area contributed by atoms with E-state index in [9.17, 15) is 4.79 Å². The van der Waals surface area contributed by atoms with Gasteiger partial charge in [0.15, 0.2) is 0 Å². The van der Waals surface area contributed by atoms with Gasteiger partial charge < -0.3 is 9.45 Å². The maximum absolute atomic E-state index is 9.60. The van der Waals surface area contributed by atoms with Crippen LogP contribution in [-0.2, 0) is 9.45 Å². The van der Waals surface area contributed by atoms with Gasteiger partial charge in [-0.25, -0.2) is 0 Å². The average Bonchev–Trinajstić information content (AvgIpc) is 1.69. The van der Waals surface area contributed by atoms with Crippen molar-refractivity contribution >= 4 is 13.8 Å². The van der Waals surface area contributed by atoms with Crippen LogP contribution >= 0.6 is 0 Å². The second-order valence-electron chi connectivity index (χ2n) is 1.15. The van der Waals surface area contributed by atoms with Crippen LogP contribution in [0.4, 0.5) is 0 Å². The molecular weight excluding hydrogens is 90.9 g/mol. The van der Waals surface area contributed by atoms with Crippen molar-refractivity contribution in [1.29, 1.82) is 0 Å². The maximum Gasteiger partial charge on any atom is 0.292 e. The summed E-state index contributed by atoms with van der Waals surface area (Å²) in [5.74, 6) is 0. The monoisotopic (exact) mass is 99.1 g/mol. The van der Waals surface area contributed by atoms with Gasteiger partial charge in [0.2, 0.25) is 0 Å². The summed E-state index contributed by atoms with van der Waals surface area (Å²) in [6.07, 6.45) is 2.16. The highest BCUT2D eigenvalue weighted by molar-refractivity contribution is 6.27. The molecule has 3 heteroatoms. The summed E-state index contributed by atoms with van der Waals surface area (Å²) in [5, 5.41) is 0. The van der Waals surface area contributed by atoms with Crippen LogP contribution in [0.15, 0.2) is 0 Å². The molecule has 0 aliphatic heterocycles. The van der Waals surface area contributed by atoms with E-state index in [0.29, 0.717) is 6.42 Å². The Morgan fingerprint density at radius 1 is 1.86 bits per heavy atom. The summed E-state index contributed by atoms with van der Waals surface area (Å²) in [5.41, 5.74) is 0. The summed E-state index contributed by atoms with van der Waals surface area (Å²) >= 11 is 0. The van der Waals surface area contributed by atoms with E-state index in [0.717, 1.165) is 12.6 Å². The maximum atomic E-state index is 9.60. The Hall–Kier alpha value is -0.305. The summed E-state index contributed by atoms with van der Waals surface area (Å²) in [7, 11) is 3.18. The zero-order valence-electron chi connectivity index (χ0n) is 4.39. The number of carbonyl (C=O) groups is 1. The minimum absolute atomic E-state index is 0.563. The minimum atomic E-state index is 0.563. The van der Waals surface area contributed by atoms with E-state index in [1.807, 2.05) is 0 Å². The molecule has 0 aromatic carbocycles. The van der Waals surface area contributed by atoms with Crippen molar-refractivity contribution in [3.8, 4) is 0 Å². The molecule has 0 rings (SSSR count). The third-order valence-corrected chi connectivity index (χ3v) is 0.569. The van der Waals surface area contributed by atoms with E-state index in [1.54, 1.807) is 14.6 Å². The Bertz CT molecular complexity index is 47.0. The number of carbonyl (C=O) groups excluding carboxylic acids is 1. The second-order valence-corrected chi connectivity index (χ2v) is 1.15. The summed E-state index contributed by atoms with van der Waals surface area (Å²) in [6.45, 7) is 0. The molecule has 0 amide bonds. The van der Waals surface area contributed by atoms with Gasteiger partial charge in [-0.3, -0.25) is 0 Å². The molecule has 0 N–H and O–H groups in total. The second kappa shape index (κ2) is 5.69. The van der Waals surface area contributed by atoms with Gasteiger partial charge in [0.05, 0.1) is 0 Å². The molecule has 0 aliphatic carbocycles. The largest absolute Gasteiger partial charge is 0.443 e. The molecule has 0 bridgehead atoms. The quantitative estimate of drug-likeness (QED) is 0.287. The van der Waals surface area contributed by atoms with Crippen LogP contribution in [0.3, 0.4) is 0 Å². The standard InChI is InChI=1S/C4H8BO2/c1-7-5-3-2-4-6/h4H,2-3H2,1H3. The highest BCUT2D eigenvalue weighted by Gasteiger charge is 1.84. The molecule has 2 nitrogen and oxygen atoms in total. The van der Waals surface area contributed by atoms with Crippen LogP contribution in [0.25, 0.3) is 0 Å². The van der Waals surface area contributed by atoms with Crippen molar-refractivity contribution in [2.75, 3.05) is 7.11 Å². The van der Waals surface area contributed by atoms with E-state index >= 15 is 0 Å². The number of aldehydes is 1. The molecule has 0 unspecified atom stereocenters. The fourth-order valence-corrected chi connectivity index (χ4v) is 0.254. The van der Waals surface area contributed by atoms with Crippen LogP contribution in [0, 0.1) is 0 Å². The number of hydrogen-bond donors (Lipinski definition) is 0. The SMILES string of the molecule is CO[B]CCC=O. The molecular formula is C4H8BO2. The Balaban J connectivity index is 2.56. The predicted molar refractivity (Wildman–Crippen MR) is 28.3 cm³/mol. The van der Waals surface area contributed by atoms with Gasteiger partial charge in [-0.05, 0) is 12.7 Å². The Kier molecular flexibility index (Phi) is 5.45. The van der Waals surface area contributed by atoms with Gasteiger partial charge in [-0.1, -0.05) is 0 Å². The van der Waals surface area contributed by atoms with E-state index in [4.69, 9.17) is 0 Å². The molecule has 0 saturated heterocycles. The lowest BCUT2D eigenvalue weighted by atomic mass is 9.94. The fraction of sp³-hybridized carbons (Fsp3) is 0.750. The zero-order valence-corrected chi connectivity index (χ0v) is 4.39. The van der Waals surface area contributed by atoms with E-state index < -0.39 is 0 Å². The van der Waals surface area contributed by atoms with Crippen LogP contribution < -0.4 is 0 Å². The summed E-state index contributed by atoms with van der Waals surface area (Å²) in [6, 6.07) is 0. The third kappa shape index (κ3) is 5.69. The van der Waals surface area contributed by atoms with Crippen molar-refractivity contribution < 1.29 is 9.45 Å². The van der Waals surface area contributed by atoms with Crippen LogP contribution in [0.1, 0.15) is 6.42 Å². The molecule has 39 valence electrons. The smallest absolute Gasteiger partial charge is 0.292 e. The topological polar surface area (TPSA) is 26.3 Å². The van der Waals surface area contributed by atoms with Crippen molar-refractivity contribution in [3.63, 3.8) is 0 Å². The van der Waals surface area contributed by atoms with Crippen molar-refractivity contribution in [2.45, 2.75) is 12.7 Å². The average molecular weight is 98.9 g/mol. The Morgan fingerprint density at radius 2 is 2.57 bits per heavy atom.